The third-order valence-electron chi connectivity index (χ3n) is 2.61. The zero-order valence-electron chi connectivity index (χ0n) is 11.3. The van der Waals surface area contributed by atoms with Crippen molar-refractivity contribution in [1.82, 2.24) is 5.32 Å². The first-order valence-corrected chi connectivity index (χ1v) is 6.26. The lowest BCUT2D eigenvalue weighted by Gasteiger charge is -2.13. The number of rotatable bonds is 8. The fourth-order valence-corrected chi connectivity index (χ4v) is 1.63. The van der Waals surface area contributed by atoms with Crippen molar-refractivity contribution in [3.05, 3.63) is 35.1 Å². The Morgan fingerprint density at radius 3 is 2.83 bits per heavy atom. The highest BCUT2D eigenvalue weighted by Gasteiger charge is 2.07. The molecule has 0 saturated heterocycles. The SMILES string of the molecule is CCNCc1ccc(F)c(COC(C)COC)c1. The molecule has 0 aliphatic rings. The van der Waals surface area contributed by atoms with Crippen molar-refractivity contribution in [2.24, 2.45) is 0 Å². The molecule has 0 aliphatic carbocycles. The molecule has 0 heterocycles. The summed E-state index contributed by atoms with van der Waals surface area (Å²) in [6.07, 6.45) is -0.0353. The van der Waals surface area contributed by atoms with E-state index in [1.165, 1.54) is 6.07 Å². The Kier molecular flexibility index (Phi) is 6.86. The van der Waals surface area contributed by atoms with Crippen molar-refractivity contribution in [3.63, 3.8) is 0 Å². The van der Waals surface area contributed by atoms with Crippen LogP contribution in [0.1, 0.15) is 25.0 Å². The standard InChI is InChI=1S/C14H22FNO2/c1-4-16-8-12-5-6-14(15)13(7-12)10-18-11(2)9-17-3/h5-7,11,16H,4,8-10H2,1-3H3. The van der Waals surface area contributed by atoms with Crippen LogP contribution in [0, 0.1) is 5.82 Å². The van der Waals surface area contributed by atoms with E-state index in [4.69, 9.17) is 9.47 Å². The molecule has 18 heavy (non-hydrogen) atoms. The summed E-state index contributed by atoms with van der Waals surface area (Å²) >= 11 is 0. The normalized spacial score (nSPS) is 12.7. The maximum atomic E-state index is 13.6. The molecule has 0 bridgehead atoms. The Hall–Kier alpha value is -0.970. The maximum absolute atomic E-state index is 13.6. The van der Waals surface area contributed by atoms with Gasteiger partial charge in [0.15, 0.2) is 0 Å². The Morgan fingerprint density at radius 1 is 1.39 bits per heavy atom. The molecular weight excluding hydrogens is 233 g/mol. The van der Waals surface area contributed by atoms with Crippen LogP contribution >= 0.6 is 0 Å². The summed E-state index contributed by atoms with van der Waals surface area (Å²) in [6.45, 7) is 6.38. The van der Waals surface area contributed by atoms with Crippen molar-refractivity contribution >= 4 is 0 Å². The second-order valence-electron chi connectivity index (χ2n) is 4.28. The van der Waals surface area contributed by atoms with E-state index in [1.54, 1.807) is 13.2 Å². The van der Waals surface area contributed by atoms with E-state index in [9.17, 15) is 4.39 Å². The lowest BCUT2D eigenvalue weighted by molar-refractivity contribution is -0.00112. The quantitative estimate of drug-likeness (QED) is 0.774. The lowest BCUT2D eigenvalue weighted by Crippen LogP contribution is -2.15. The molecule has 0 saturated carbocycles. The maximum Gasteiger partial charge on any atom is 0.128 e. The fraction of sp³-hybridized carbons (Fsp3) is 0.571. The van der Waals surface area contributed by atoms with Crippen LogP contribution in [0.4, 0.5) is 4.39 Å². The van der Waals surface area contributed by atoms with Crippen LogP contribution in [-0.4, -0.2) is 26.4 Å². The summed E-state index contributed by atoms with van der Waals surface area (Å²) < 4.78 is 24.1. The van der Waals surface area contributed by atoms with Gasteiger partial charge in [0.2, 0.25) is 0 Å². The van der Waals surface area contributed by atoms with E-state index in [0.29, 0.717) is 12.2 Å². The molecule has 0 radical (unpaired) electrons. The van der Waals surface area contributed by atoms with Crippen LogP contribution in [0.15, 0.2) is 18.2 Å². The number of methoxy groups -OCH3 is 1. The molecule has 1 unspecified atom stereocenters. The van der Waals surface area contributed by atoms with Gasteiger partial charge >= 0.3 is 0 Å². The summed E-state index contributed by atoms with van der Waals surface area (Å²) in [5.74, 6) is -0.222. The van der Waals surface area contributed by atoms with Crippen molar-refractivity contribution in [2.75, 3.05) is 20.3 Å². The van der Waals surface area contributed by atoms with Gasteiger partial charge in [0.1, 0.15) is 5.82 Å². The van der Waals surface area contributed by atoms with Crippen LogP contribution in [0.25, 0.3) is 0 Å². The number of halogens is 1. The second-order valence-corrected chi connectivity index (χ2v) is 4.28. The molecule has 1 N–H and O–H groups in total. The fourth-order valence-electron chi connectivity index (χ4n) is 1.63. The topological polar surface area (TPSA) is 30.5 Å². The van der Waals surface area contributed by atoms with Gasteiger partial charge in [-0.05, 0) is 31.2 Å². The number of hydrogen-bond acceptors (Lipinski definition) is 3. The first kappa shape index (κ1) is 15.1. The molecule has 4 heteroatoms. The van der Waals surface area contributed by atoms with Crippen molar-refractivity contribution < 1.29 is 13.9 Å². The van der Waals surface area contributed by atoms with E-state index in [0.717, 1.165) is 18.7 Å². The minimum atomic E-state index is -0.222. The number of benzene rings is 1. The predicted octanol–water partition coefficient (Wildman–Crippen LogP) is 2.49. The van der Waals surface area contributed by atoms with Gasteiger partial charge in [-0.2, -0.15) is 0 Å². The van der Waals surface area contributed by atoms with Gasteiger partial charge in [-0.25, -0.2) is 4.39 Å². The Bertz CT molecular complexity index is 358. The smallest absolute Gasteiger partial charge is 0.128 e. The summed E-state index contributed by atoms with van der Waals surface area (Å²) in [5.41, 5.74) is 1.66. The molecule has 3 nitrogen and oxygen atoms in total. The van der Waals surface area contributed by atoms with Crippen LogP contribution in [-0.2, 0) is 22.6 Å². The van der Waals surface area contributed by atoms with Gasteiger partial charge in [0, 0.05) is 19.2 Å². The van der Waals surface area contributed by atoms with E-state index in [1.807, 2.05) is 19.9 Å². The van der Waals surface area contributed by atoms with E-state index in [-0.39, 0.29) is 18.5 Å². The monoisotopic (exact) mass is 255 g/mol. The second kappa shape index (κ2) is 8.19. The van der Waals surface area contributed by atoms with Crippen molar-refractivity contribution in [3.8, 4) is 0 Å². The van der Waals surface area contributed by atoms with Crippen molar-refractivity contribution in [1.29, 1.82) is 0 Å². The molecule has 1 aromatic rings. The third kappa shape index (κ3) is 5.12. The summed E-state index contributed by atoms with van der Waals surface area (Å²) in [4.78, 5) is 0. The lowest BCUT2D eigenvalue weighted by atomic mass is 10.1. The molecule has 0 aromatic heterocycles. The van der Waals surface area contributed by atoms with Gasteiger partial charge in [-0.3, -0.25) is 0 Å². The number of hydrogen-bond donors (Lipinski definition) is 1. The highest BCUT2D eigenvalue weighted by molar-refractivity contribution is 5.24. The minimum Gasteiger partial charge on any atom is -0.382 e. The number of ether oxygens (including phenoxy) is 2. The van der Waals surface area contributed by atoms with Gasteiger partial charge in [0.25, 0.3) is 0 Å². The average Bonchev–Trinajstić information content (AvgIpc) is 2.36. The summed E-state index contributed by atoms with van der Waals surface area (Å²) in [6, 6.07) is 5.13. The van der Waals surface area contributed by atoms with Crippen LogP contribution in [0.2, 0.25) is 0 Å². The van der Waals surface area contributed by atoms with Gasteiger partial charge in [-0.1, -0.05) is 13.0 Å². The Labute approximate surface area is 108 Å². The molecule has 0 fully saturated rings. The largest absolute Gasteiger partial charge is 0.382 e. The average molecular weight is 255 g/mol. The van der Waals surface area contributed by atoms with Crippen LogP contribution in [0.3, 0.4) is 0 Å². The predicted molar refractivity (Wildman–Crippen MR) is 69.9 cm³/mol. The molecule has 1 aromatic carbocycles. The van der Waals surface area contributed by atoms with Crippen molar-refractivity contribution in [2.45, 2.75) is 33.1 Å². The molecule has 102 valence electrons. The van der Waals surface area contributed by atoms with E-state index < -0.39 is 0 Å². The Balaban J connectivity index is 2.57. The number of nitrogens with one attached hydrogen (secondary N) is 1. The third-order valence-corrected chi connectivity index (χ3v) is 2.61. The van der Waals surface area contributed by atoms with Gasteiger partial charge < -0.3 is 14.8 Å². The molecule has 0 amide bonds. The summed E-state index contributed by atoms with van der Waals surface area (Å²) in [7, 11) is 1.62. The molecule has 1 atom stereocenters. The summed E-state index contributed by atoms with van der Waals surface area (Å²) in [5, 5.41) is 3.21. The van der Waals surface area contributed by atoms with Crippen LogP contribution < -0.4 is 5.32 Å². The first-order chi connectivity index (χ1) is 8.67. The van der Waals surface area contributed by atoms with E-state index >= 15 is 0 Å². The molecule has 1 rings (SSSR count). The Morgan fingerprint density at radius 2 is 2.17 bits per heavy atom. The first-order valence-electron chi connectivity index (χ1n) is 6.26. The van der Waals surface area contributed by atoms with E-state index in [2.05, 4.69) is 5.32 Å². The van der Waals surface area contributed by atoms with Crippen LogP contribution in [0.5, 0.6) is 0 Å². The van der Waals surface area contributed by atoms with Gasteiger partial charge in [-0.15, -0.1) is 0 Å². The highest BCUT2D eigenvalue weighted by atomic mass is 19.1. The highest BCUT2D eigenvalue weighted by Crippen LogP contribution is 2.13. The zero-order chi connectivity index (χ0) is 13.4. The molecule has 0 spiro atoms. The zero-order valence-corrected chi connectivity index (χ0v) is 11.3. The van der Waals surface area contributed by atoms with Gasteiger partial charge in [0.05, 0.1) is 19.3 Å². The molecule has 0 aliphatic heterocycles. The molecular formula is C14H22FNO2. The minimum absolute atomic E-state index is 0.0353.